The predicted octanol–water partition coefficient (Wildman–Crippen LogP) is 0.205. The maximum Gasteiger partial charge on any atom is 0.135 e. The lowest BCUT2D eigenvalue weighted by atomic mass is 9.83. The first-order valence-corrected chi connectivity index (χ1v) is 4.66. The molecule has 67 valence electrons. The minimum Gasteiger partial charge on any atom is -0.757 e. The monoisotopic (exact) mass is 184 g/mol. The molecule has 3 unspecified atom stereocenters. The number of hydrogen-bond donors (Lipinski definition) is 1. The van der Waals surface area contributed by atoms with Crippen LogP contribution in [0, 0.1) is 5.92 Å². The van der Waals surface area contributed by atoms with Crippen LogP contribution in [-0.4, -0.2) is 39.7 Å². The van der Waals surface area contributed by atoms with Crippen molar-refractivity contribution in [2.45, 2.75) is 38.4 Å². The number of aliphatic hydroxyl groups excluding tert-OH is 1. The van der Waals surface area contributed by atoms with Gasteiger partial charge in [0.1, 0.15) is 5.78 Å². The number of aliphatic hydroxyl groups is 1. The van der Waals surface area contributed by atoms with E-state index in [4.69, 9.17) is 3.79 Å². The van der Waals surface area contributed by atoms with E-state index in [1.165, 1.54) is 0 Å². The van der Waals surface area contributed by atoms with Crippen molar-refractivity contribution in [2.24, 2.45) is 5.92 Å². The lowest BCUT2D eigenvalue weighted by Crippen LogP contribution is -2.37. The van der Waals surface area contributed by atoms with Gasteiger partial charge in [0.05, 0.1) is 6.10 Å². The Balaban J connectivity index is 2.56. The van der Waals surface area contributed by atoms with Crippen LogP contribution in [0.3, 0.4) is 0 Å². The fourth-order valence-corrected chi connectivity index (χ4v) is 2.02. The molecule has 0 aliphatic heterocycles. The van der Waals surface area contributed by atoms with Gasteiger partial charge in [-0.15, -0.1) is 0 Å². The fraction of sp³-hybridized carbons (Fsp3) is 0.875. The molecule has 0 aromatic carbocycles. The van der Waals surface area contributed by atoms with E-state index in [2.05, 4.69) is 16.6 Å². The van der Waals surface area contributed by atoms with Gasteiger partial charge in [0.15, 0.2) is 0 Å². The minimum absolute atomic E-state index is 0.0223. The van der Waals surface area contributed by atoms with Gasteiger partial charge in [0.25, 0.3) is 0 Å². The van der Waals surface area contributed by atoms with Gasteiger partial charge in [-0.3, -0.25) is 4.79 Å². The number of carbonyl (C=O) groups is 1. The van der Waals surface area contributed by atoms with Crippen LogP contribution in [0.5, 0.6) is 0 Å². The van der Waals surface area contributed by atoms with Crippen LogP contribution >= 0.6 is 0 Å². The van der Waals surface area contributed by atoms with E-state index in [0.717, 1.165) is 12.8 Å². The van der Waals surface area contributed by atoms with E-state index < -0.39 is 0 Å². The molecular formula is C8H13AlO3-. The number of hydrogen-bond acceptors (Lipinski definition) is 3. The van der Waals surface area contributed by atoms with Crippen molar-refractivity contribution in [1.29, 1.82) is 0 Å². The highest BCUT2D eigenvalue weighted by Gasteiger charge is 2.29. The maximum atomic E-state index is 11.1. The first kappa shape index (κ1) is 10.2. The molecule has 4 heteroatoms. The van der Waals surface area contributed by atoms with Crippen molar-refractivity contribution in [2.75, 3.05) is 0 Å². The van der Waals surface area contributed by atoms with E-state index in [-0.39, 0.29) is 23.9 Å². The van der Waals surface area contributed by atoms with Crippen LogP contribution in [0.4, 0.5) is 0 Å². The lowest BCUT2D eigenvalue weighted by molar-refractivity contribution is -0.126. The highest BCUT2D eigenvalue weighted by Crippen LogP contribution is 2.27. The van der Waals surface area contributed by atoms with Crippen molar-refractivity contribution in [3.63, 3.8) is 0 Å². The van der Waals surface area contributed by atoms with Gasteiger partial charge in [0.2, 0.25) is 0 Å². The Labute approximate surface area is 80.9 Å². The molecule has 1 rings (SSSR count). The van der Waals surface area contributed by atoms with Crippen LogP contribution in [0.25, 0.3) is 0 Å². The average molecular weight is 184 g/mol. The van der Waals surface area contributed by atoms with Crippen molar-refractivity contribution in [1.82, 2.24) is 0 Å². The van der Waals surface area contributed by atoms with Crippen LogP contribution in [0.1, 0.15) is 26.2 Å². The Bertz CT molecular complexity index is 172. The van der Waals surface area contributed by atoms with Crippen LogP contribution in [-0.2, 0) is 8.58 Å². The SMILES string of the molecule is CC(=O)C1CCC(O)CC1[O][Al-]. The first-order valence-electron chi connectivity index (χ1n) is 4.19. The van der Waals surface area contributed by atoms with Crippen molar-refractivity contribution in [3.8, 4) is 0 Å². The second-order valence-electron chi connectivity index (χ2n) is 3.36. The number of rotatable bonds is 2. The average Bonchev–Trinajstić information content (AvgIpc) is 2.03. The van der Waals surface area contributed by atoms with E-state index in [0.29, 0.717) is 6.42 Å². The summed E-state index contributed by atoms with van der Waals surface area (Å²) in [5, 5.41) is 9.31. The highest BCUT2D eigenvalue weighted by molar-refractivity contribution is 5.98. The van der Waals surface area contributed by atoms with Gasteiger partial charge in [-0.1, -0.05) is 0 Å². The molecule has 3 nitrogen and oxygen atoms in total. The van der Waals surface area contributed by atoms with Crippen molar-refractivity contribution < 1.29 is 13.7 Å². The maximum absolute atomic E-state index is 11.1. The van der Waals surface area contributed by atoms with Crippen LogP contribution in [0.15, 0.2) is 0 Å². The third-order valence-corrected chi connectivity index (χ3v) is 2.81. The molecule has 0 bridgehead atoms. The summed E-state index contributed by atoms with van der Waals surface area (Å²) in [5.41, 5.74) is 0. The fourth-order valence-electron chi connectivity index (χ4n) is 1.72. The van der Waals surface area contributed by atoms with Gasteiger partial charge < -0.3 is 25.5 Å². The molecule has 1 aliphatic rings. The normalized spacial score (nSPS) is 36.4. The van der Waals surface area contributed by atoms with E-state index in [1.54, 1.807) is 6.92 Å². The van der Waals surface area contributed by atoms with Crippen LogP contribution in [0.2, 0.25) is 0 Å². The van der Waals surface area contributed by atoms with Gasteiger partial charge in [0, 0.05) is 12.0 Å². The number of Topliss-reactive ketones (excluding diaryl/α,β-unsaturated/α-hetero) is 1. The van der Waals surface area contributed by atoms with Crippen molar-refractivity contribution in [3.05, 3.63) is 0 Å². The summed E-state index contributed by atoms with van der Waals surface area (Å²) < 4.78 is 5.07. The van der Waals surface area contributed by atoms with Gasteiger partial charge in [-0.25, -0.2) is 0 Å². The molecule has 1 aliphatic carbocycles. The van der Waals surface area contributed by atoms with Gasteiger partial charge >= 0.3 is 0 Å². The summed E-state index contributed by atoms with van der Waals surface area (Å²) in [4.78, 5) is 11.1. The summed E-state index contributed by atoms with van der Waals surface area (Å²) in [7, 11) is 0. The molecule has 3 radical (unpaired) electrons. The third-order valence-electron chi connectivity index (χ3n) is 2.46. The highest BCUT2D eigenvalue weighted by atomic mass is 27.1. The van der Waals surface area contributed by atoms with E-state index in [9.17, 15) is 9.90 Å². The molecule has 0 aromatic rings. The summed E-state index contributed by atoms with van der Waals surface area (Å²) in [6.07, 6.45) is 1.63. The molecule has 1 N–H and O–H groups in total. The Kier molecular flexibility index (Phi) is 3.73. The van der Waals surface area contributed by atoms with Crippen LogP contribution < -0.4 is 0 Å². The molecule has 3 atom stereocenters. The molecule has 0 aromatic heterocycles. The number of ketones is 1. The Hall–Kier alpha value is 0.122. The number of carbonyl (C=O) groups excluding carboxylic acids is 1. The summed E-state index contributed by atoms with van der Waals surface area (Å²) in [6.45, 7) is 1.58. The first-order chi connectivity index (χ1) is 5.65. The Morgan fingerprint density at radius 3 is 2.75 bits per heavy atom. The second kappa shape index (κ2) is 4.38. The van der Waals surface area contributed by atoms with E-state index in [1.807, 2.05) is 0 Å². The predicted molar refractivity (Wildman–Crippen MR) is 44.7 cm³/mol. The molecule has 0 heterocycles. The molecule has 0 amide bonds. The van der Waals surface area contributed by atoms with Gasteiger partial charge in [-0.2, -0.15) is 0 Å². The molecule has 1 fully saturated rings. The summed E-state index contributed by atoms with van der Waals surface area (Å²) in [6, 6.07) is 0. The Morgan fingerprint density at radius 1 is 1.58 bits per heavy atom. The molecule has 1 saturated carbocycles. The topological polar surface area (TPSA) is 46.5 Å². The smallest absolute Gasteiger partial charge is 0.135 e. The zero-order chi connectivity index (χ0) is 9.14. The molecule has 0 spiro atoms. The molecule has 0 saturated heterocycles. The molecular weight excluding hydrogens is 171 g/mol. The van der Waals surface area contributed by atoms with Gasteiger partial charge in [-0.05, 0) is 26.2 Å². The molecule has 12 heavy (non-hydrogen) atoms. The third kappa shape index (κ3) is 2.30. The minimum atomic E-state index is -0.300. The largest absolute Gasteiger partial charge is 0.757 e. The summed E-state index contributed by atoms with van der Waals surface area (Å²) in [5.74, 6) is 0.139. The lowest BCUT2D eigenvalue weighted by Gasteiger charge is -2.38. The van der Waals surface area contributed by atoms with Crippen molar-refractivity contribution >= 4 is 22.4 Å². The van der Waals surface area contributed by atoms with E-state index >= 15 is 0 Å². The second-order valence-corrected chi connectivity index (χ2v) is 3.63. The zero-order valence-electron chi connectivity index (χ0n) is 7.19. The zero-order valence-corrected chi connectivity index (χ0v) is 8.35. The Morgan fingerprint density at radius 2 is 2.25 bits per heavy atom. The quantitative estimate of drug-likeness (QED) is 0.624. The summed E-state index contributed by atoms with van der Waals surface area (Å²) >= 11 is 2.17. The standard InChI is InChI=1S/C8H13O3.Al/c1-5(9)7-3-2-6(10)4-8(7)11;/h6-8,10H,2-4H2,1H3;/q-1;.